The molecule has 5 nitrogen and oxygen atoms in total. The molecule has 0 aliphatic rings. The molecule has 5 heteroatoms. The van der Waals surface area contributed by atoms with E-state index in [1.165, 1.54) is 0 Å². The molecule has 0 amide bonds. The van der Waals surface area contributed by atoms with E-state index in [2.05, 4.69) is 15.4 Å². The lowest BCUT2D eigenvalue weighted by molar-refractivity contribution is 0.248. The number of hydrogen-bond acceptors (Lipinski definition) is 4. The van der Waals surface area contributed by atoms with Crippen LogP contribution in [0.4, 0.5) is 5.95 Å². The minimum Gasteiger partial charge on any atom is -0.394 e. The highest BCUT2D eigenvalue weighted by Gasteiger charge is 2.14. The Kier molecular flexibility index (Phi) is 3.05. The predicted octanol–water partition coefficient (Wildman–Crippen LogP) is 1.16. The number of aromatic nitrogens is 3. The highest BCUT2D eigenvalue weighted by molar-refractivity contribution is 5.43. The van der Waals surface area contributed by atoms with Crippen LogP contribution in [-0.2, 0) is 0 Å². The lowest BCUT2D eigenvalue weighted by Crippen LogP contribution is -2.29. The first-order valence-electron chi connectivity index (χ1n) is 5.39. The van der Waals surface area contributed by atoms with Gasteiger partial charge in [-0.1, -0.05) is 19.9 Å². The molecular formula is C11H16N4O. The van der Waals surface area contributed by atoms with Gasteiger partial charge in [0.25, 0.3) is 0 Å². The van der Waals surface area contributed by atoms with Crippen molar-refractivity contribution < 1.29 is 5.11 Å². The molecule has 0 radical (unpaired) electrons. The second kappa shape index (κ2) is 4.49. The van der Waals surface area contributed by atoms with Crippen molar-refractivity contribution in [3.8, 4) is 0 Å². The third-order valence-electron chi connectivity index (χ3n) is 2.56. The van der Waals surface area contributed by atoms with Gasteiger partial charge in [0, 0.05) is 6.20 Å². The van der Waals surface area contributed by atoms with Crippen LogP contribution in [0, 0.1) is 5.92 Å². The van der Waals surface area contributed by atoms with Crippen LogP contribution < -0.4 is 5.32 Å². The van der Waals surface area contributed by atoms with E-state index in [0.29, 0.717) is 11.9 Å². The summed E-state index contributed by atoms with van der Waals surface area (Å²) in [4.78, 5) is 4.31. The third-order valence-corrected chi connectivity index (χ3v) is 2.56. The lowest BCUT2D eigenvalue weighted by atomic mass is 10.1. The summed E-state index contributed by atoms with van der Waals surface area (Å²) >= 11 is 0. The van der Waals surface area contributed by atoms with Crippen LogP contribution in [0.5, 0.6) is 0 Å². The fourth-order valence-electron chi connectivity index (χ4n) is 1.48. The van der Waals surface area contributed by atoms with E-state index in [1.807, 2.05) is 38.2 Å². The number of rotatable bonds is 4. The van der Waals surface area contributed by atoms with Gasteiger partial charge in [-0.05, 0) is 18.1 Å². The molecule has 2 N–H and O–H groups in total. The van der Waals surface area contributed by atoms with Gasteiger partial charge in [0.2, 0.25) is 5.95 Å². The van der Waals surface area contributed by atoms with Crippen LogP contribution >= 0.6 is 0 Å². The van der Waals surface area contributed by atoms with Crippen LogP contribution in [0.15, 0.2) is 24.4 Å². The molecule has 0 aliphatic carbocycles. The van der Waals surface area contributed by atoms with Gasteiger partial charge in [-0.15, -0.1) is 5.10 Å². The molecule has 1 atom stereocenters. The van der Waals surface area contributed by atoms with Crippen molar-refractivity contribution in [1.29, 1.82) is 0 Å². The van der Waals surface area contributed by atoms with Gasteiger partial charge in [-0.25, -0.2) is 4.52 Å². The largest absolute Gasteiger partial charge is 0.394 e. The zero-order valence-electron chi connectivity index (χ0n) is 9.46. The van der Waals surface area contributed by atoms with E-state index < -0.39 is 0 Å². The Balaban J connectivity index is 2.20. The third kappa shape index (κ3) is 2.14. The van der Waals surface area contributed by atoms with Crippen molar-refractivity contribution >= 4 is 11.6 Å². The van der Waals surface area contributed by atoms with Crippen molar-refractivity contribution in [2.24, 2.45) is 5.92 Å². The van der Waals surface area contributed by atoms with Gasteiger partial charge in [0.05, 0.1) is 12.6 Å². The SMILES string of the molecule is CC(C)[C@@H](CO)Nc1nc2ccccn2n1. The molecule has 0 aromatic carbocycles. The zero-order chi connectivity index (χ0) is 11.5. The van der Waals surface area contributed by atoms with Gasteiger partial charge in [-0.2, -0.15) is 4.98 Å². The van der Waals surface area contributed by atoms with E-state index in [-0.39, 0.29) is 12.6 Å². The first-order valence-corrected chi connectivity index (χ1v) is 5.39. The van der Waals surface area contributed by atoms with Crippen molar-refractivity contribution in [3.05, 3.63) is 24.4 Å². The molecule has 86 valence electrons. The fourth-order valence-corrected chi connectivity index (χ4v) is 1.48. The second-order valence-electron chi connectivity index (χ2n) is 4.12. The van der Waals surface area contributed by atoms with Crippen molar-refractivity contribution in [2.75, 3.05) is 11.9 Å². The maximum Gasteiger partial charge on any atom is 0.243 e. The maximum atomic E-state index is 9.21. The minimum atomic E-state index is -0.0163. The van der Waals surface area contributed by atoms with E-state index in [0.717, 1.165) is 5.65 Å². The molecule has 0 fully saturated rings. The molecule has 16 heavy (non-hydrogen) atoms. The Hall–Kier alpha value is -1.62. The lowest BCUT2D eigenvalue weighted by Gasteiger charge is -2.18. The molecule has 2 aromatic rings. The molecule has 2 heterocycles. The minimum absolute atomic E-state index is 0.0163. The average molecular weight is 220 g/mol. The number of hydrogen-bond donors (Lipinski definition) is 2. The highest BCUT2D eigenvalue weighted by Crippen LogP contribution is 2.09. The number of fused-ring (bicyclic) bond motifs is 1. The van der Waals surface area contributed by atoms with Crippen LogP contribution in [-0.4, -0.2) is 32.4 Å². The fraction of sp³-hybridized carbons (Fsp3) is 0.455. The van der Waals surface area contributed by atoms with Gasteiger partial charge in [0.1, 0.15) is 0 Å². The number of pyridine rings is 1. The summed E-state index contributed by atoms with van der Waals surface area (Å²) in [6.07, 6.45) is 1.84. The Morgan fingerprint density at radius 1 is 1.44 bits per heavy atom. The Labute approximate surface area is 94.1 Å². The molecule has 2 aromatic heterocycles. The predicted molar refractivity (Wildman–Crippen MR) is 62.3 cm³/mol. The first-order chi connectivity index (χ1) is 7.70. The highest BCUT2D eigenvalue weighted by atomic mass is 16.3. The van der Waals surface area contributed by atoms with E-state index in [1.54, 1.807) is 4.52 Å². The first kappa shape index (κ1) is 10.9. The Morgan fingerprint density at radius 2 is 2.25 bits per heavy atom. The molecule has 0 unspecified atom stereocenters. The summed E-state index contributed by atoms with van der Waals surface area (Å²) in [5.41, 5.74) is 0.797. The summed E-state index contributed by atoms with van der Waals surface area (Å²) in [6.45, 7) is 4.17. The maximum absolute atomic E-state index is 9.21. The Bertz CT molecular complexity index is 433. The summed E-state index contributed by atoms with van der Waals surface area (Å²) < 4.78 is 1.71. The molecule has 0 bridgehead atoms. The second-order valence-corrected chi connectivity index (χ2v) is 4.12. The molecular weight excluding hydrogens is 204 g/mol. The number of aliphatic hydroxyl groups is 1. The summed E-state index contributed by atoms with van der Waals surface area (Å²) in [5.74, 6) is 0.885. The molecule has 0 saturated heterocycles. The average Bonchev–Trinajstić information content (AvgIpc) is 2.67. The molecule has 2 rings (SSSR count). The molecule has 0 spiro atoms. The van der Waals surface area contributed by atoms with Crippen molar-refractivity contribution in [1.82, 2.24) is 14.6 Å². The standard InChI is InChI=1S/C11H16N4O/c1-8(2)9(7-16)12-11-13-10-5-3-4-6-15(10)14-11/h3-6,8-9,16H,7H2,1-2H3,(H,12,14)/t9-/m1/s1. The normalized spacial score (nSPS) is 13.2. The number of aliphatic hydroxyl groups excluding tert-OH is 1. The van der Waals surface area contributed by atoms with Gasteiger partial charge < -0.3 is 10.4 Å². The number of anilines is 1. The summed E-state index contributed by atoms with van der Waals surface area (Å²) in [6, 6.07) is 5.69. The van der Waals surface area contributed by atoms with E-state index in [9.17, 15) is 5.11 Å². The van der Waals surface area contributed by atoms with Crippen LogP contribution in [0.2, 0.25) is 0 Å². The Morgan fingerprint density at radius 3 is 2.88 bits per heavy atom. The van der Waals surface area contributed by atoms with Crippen LogP contribution in [0.25, 0.3) is 5.65 Å². The van der Waals surface area contributed by atoms with Gasteiger partial charge >= 0.3 is 0 Å². The van der Waals surface area contributed by atoms with Crippen LogP contribution in [0.1, 0.15) is 13.8 Å². The van der Waals surface area contributed by atoms with E-state index >= 15 is 0 Å². The zero-order valence-corrected chi connectivity index (χ0v) is 9.46. The van der Waals surface area contributed by atoms with Gasteiger partial charge in [-0.3, -0.25) is 0 Å². The topological polar surface area (TPSA) is 62.5 Å². The molecule has 0 aliphatic heterocycles. The van der Waals surface area contributed by atoms with Gasteiger partial charge in [0.15, 0.2) is 5.65 Å². The quantitative estimate of drug-likeness (QED) is 0.811. The smallest absolute Gasteiger partial charge is 0.243 e. The monoisotopic (exact) mass is 220 g/mol. The van der Waals surface area contributed by atoms with Crippen LogP contribution in [0.3, 0.4) is 0 Å². The summed E-state index contributed by atoms with van der Waals surface area (Å²) in [7, 11) is 0. The number of nitrogens with one attached hydrogen (secondary N) is 1. The molecule has 0 saturated carbocycles. The van der Waals surface area contributed by atoms with Crippen molar-refractivity contribution in [3.63, 3.8) is 0 Å². The van der Waals surface area contributed by atoms with E-state index in [4.69, 9.17) is 0 Å². The van der Waals surface area contributed by atoms with Crippen molar-refractivity contribution in [2.45, 2.75) is 19.9 Å². The number of nitrogens with zero attached hydrogens (tertiary/aromatic N) is 3. The summed E-state index contributed by atoms with van der Waals surface area (Å²) in [5, 5.41) is 16.6.